The summed E-state index contributed by atoms with van der Waals surface area (Å²) in [6, 6.07) is 7.26. The number of H-pyrrole nitrogens is 2. The Labute approximate surface area is 123 Å². The van der Waals surface area contributed by atoms with Crippen molar-refractivity contribution in [3.8, 4) is 6.07 Å². The average molecular weight is 294 g/mol. The van der Waals surface area contributed by atoms with Crippen LogP contribution in [0.15, 0.2) is 34.3 Å². The highest BCUT2D eigenvalue weighted by molar-refractivity contribution is 6.01. The summed E-state index contributed by atoms with van der Waals surface area (Å²) < 4.78 is 1.68. The van der Waals surface area contributed by atoms with Gasteiger partial charge in [-0.3, -0.25) is 9.55 Å². The number of aliphatic imine (C=N–C) groups is 1. The fourth-order valence-corrected chi connectivity index (χ4v) is 2.43. The number of hydrogen-bond donors (Lipinski definition) is 4. The molecule has 1 aliphatic heterocycles. The van der Waals surface area contributed by atoms with Crippen LogP contribution in [0.5, 0.6) is 0 Å². The Kier molecular flexibility index (Phi) is 2.42. The van der Waals surface area contributed by atoms with E-state index >= 15 is 0 Å². The molecule has 0 spiro atoms. The molecule has 1 unspecified atom stereocenters. The molecular weight excluding hydrogens is 284 g/mol. The minimum absolute atomic E-state index is 0.355. The number of anilines is 1. The molecule has 0 saturated carbocycles. The second kappa shape index (κ2) is 4.31. The second-order valence-electron chi connectivity index (χ2n) is 4.82. The lowest BCUT2D eigenvalue weighted by Crippen LogP contribution is -2.29. The summed E-state index contributed by atoms with van der Waals surface area (Å²) in [6.45, 7) is 0. The van der Waals surface area contributed by atoms with Gasteiger partial charge in [-0.15, -0.1) is 0 Å². The van der Waals surface area contributed by atoms with Crippen LogP contribution < -0.4 is 16.7 Å². The maximum Gasteiger partial charge on any atom is 0.324 e. The van der Waals surface area contributed by atoms with E-state index in [-0.39, 0.29) is 5.69 Å². The van der Waals surface area contributed by atoms with Gasteiger partial charge in [0.1, 0.15) is 18.3 Å². The fourth-order valence-electron chi connectivity index (χ4n) is 2.43. The molecular formula is C13H10N8O. The molecule has 0 fully saturated rings. The third kappa shape index (κ3) is 1.72. The van der Waals surface area contributed by atoms with Gasteiger partial charge < -0.3 is 16.0 Å². The van der Waals surface area contributed by atoms with Crippen LogP contribution in [0.1, 0.15) is 17.4 Å². The summed E-state index contributed by atoms with van der Waals surface area (Å²) in [5, 5.41) is 12.0. The topological polar surface area (TPSA) is 141 Å². The standard InChI is InChI=1S/C13H10N8O/c14-4-6-1-2-7-8(3-6)21(5-16-7)12-18-10(15)9-11(19-12)20-13(22)17-9/h1-3,5,10H,15H2,(H,18,19)(H2,17,20,22). The van der Waals surface area contributed by atoms with Gasteiger partial charge in [0.15, 0.2) is 0 Å². The summed E-state index contributed by atoms with van der Waals surface area (Å²) in [5.41, 5.74) is 8.06. The van der Waals surface area contributed by atoms with E-state index < -0.39 is 6.17 Å². The first-order chi connectivity index (χ1) is 10.7. The van der Waals surface area contributed by atoms with E-state index in [4.69, 9.17) is 11.0 Å². The summed E-state index contributed by atoms with van der Waals surface area (Å²) in [4.78, 5) is 25.2. The molecule has 0 aliphatic carbocycles. The van der Waals surface area contributed by atoms with E-state index in [0.29, 0.717) is 23.0 Å². The van der Waals surface area contributed by atoms with Crippen molar-refractivity contribution < 1.29 is 0 Å². The number of imidazole rings is 2. The number of nitrogens with one attached hydrogen (secondary N) is 3. The number of rotatable bonds is 0. The molecule has 1 aromatic carbocycles. The molecule has 1 atom stereocenters. The van der Waals surface area contributed by atoms with Gasteiger partial charge >= 0.3 is 5.69 Å². The smallest absolute Gasteiger partial charge is 0.310 e. The molecule has 3 aromatic rings. The number of benzene rings is 1. The Balaban J connectivity index is 1.86. The van der Waals surface area contributed by atoms with E-state index in [9.17, 15) is 4.79 Å². The van der Waals surface area contributed by atoms with E-state index in [1.165, 1.54) is 0 Å². The number of fused-ring (bicyclic) bond motifs is 2. The molecule has 0 bridgehead atoms. The minimum atomic E-state index is -0.693. The maximum atomic E-state index is 11.4. The van der Waals surface area contributed by atoms with E-state index in [1.54, 1.807) is 29.1 Å². The van der Waals surface area contributed by atoms with E-state index in [1.807, 2.05) is 0 Å². The Bertz CT molecular complexity index is 1010. The Hall–Kier alpha value is -3.38. The van der Waals surface area contributed by atoms with Crippen LogP contribution in [-0.2, 0) is 0 Å². The van der Waals surface area contributed by atoms with Crippen LogP contribution in [0.25, 0.3) is 11.0 Å². The highest BCUT2D eigenvalue weighted by Gasteiger charge is 2.23. The van der Waals surface area contributed by atoms with Crippen LogP contribution in [-0.4, -0.2) is 25.5 Å². The van der Waals surface area contributed by atoms with Crippen LogP contribution in [0.3, 0.4) is 0 Å². The normalized spacial score (nSPS) is 16.7. The van der Waals surface area contributed by atoms with Gasteiger partial charge in [-0.25, -0.2) is 14.8 Å². The van der Waals surface area contributed by atoms with Gasteiger partial charge in [-0.1, -0.05) is 0 Å². The predicted octanol–water partition coefficient (Wildman–Crippen LogP) is 0.211. The van der Waals surface area contributed by atoms with Crippen molar-refractivity contribution in [3.05, 3.63) is 46.3 Å². The lowest BCUT2D eigenvalue weighted by atomic mass is 10.2. The lowest BCUT2D eigenvalue weighted by Gasteiger charge is -2.19. The summed E-state index contributed by atoms with van der Waals surface area (Å²) >= 11 is 0. The molecule has 0 radical (unpaired) electrons. The third-order valence-corrected chi connectivity index (χ3v) is 3.45. The van der Waals surface area contributed by atoms with Gasteiger partial charge in [0.25, 0.3) is 0 Å². The zero-order valence-corrected chi connectivity index (χ0v) is 11.2. The van der Waals surface area contributed by atoms with Crippen molar-refractivity contribution in [1.29, 1.82) is 5.26 Å². The molecule has 1 aliphatic rings. The highest BCUT2D eigenvalue weighted by Crippen LogP contribution is 2.23. The monoisotopic (exact) mass is 294 g/mol. The number of hydrogen-bond acceptors (Lipinski definition) is 6. The Morgan fingerprint density at radius 2 is 2.23 bits per heavy atom. The lowest BCUT2D eigenvalue weighted by molar-refractivity contribution is 0.735. The molecule has 2 aromatic heterocycles. The molecule has 0 amide bonds. The van der Waals surface area contributed by atoms with Crippen molar-refractivity contribution >= 4 is 22.8 Å². The predicted molar refractivity (Wildman–Crippen MR) is 79.2 cm³/mol. The van der Waals surface area contributed by atoms with Crippen molar-refractivity contribution in [3.63, 3.8) is 0 Å². The first kappa shape index (κ1) is 12.4. The van der Waals surface area contributed by atoms with Crippen LogP contribution >= 0.6 is 0 Å². The number of nitrogens with zero attached hydrogens (tertiary/aromatic N) is 4. The molecule has 3 heterocycles. The van der Waals surface area contributed by atoms with E-state index in [2.05, 4.69) is 31.3 Å². The number of aromatic amines is 2. The molecule has 9 nitrogen and oxygen atoms in total. The van der Waals surface area contributed by atoms with Crippen LogP contribution in [0.2, 0.25) is 0 Å². The van der Waals surface area contributed by atoms with Crippen LogP contribution in [0.4, 0.5) is 5.82 Å². The molecule has 5 N–H and O–H groups in total. The molecule has 22 heavy (non-hydrogen) atoms. The van der Waals surface area contributed by atoms with Crippen molar-refractivity contribution in [2.45, 2.75) is 6.17 Å². The van der Waals surface area contributed by atoms with Gasteiger partial charge in [-0.05, 0) is 18.2 Å². The summed E-state index contributed by atoms with van der Waals surface area (Å²) in [5.74, 6) is 0.897. The first-order valence-electron chi connectivity index (χ1n) is 6.46. The van der Waals surface area contributed by atoms with Crippen molar-refractivity contribution in [1.82, 2.24) is 19.5 Å². The van der Waals surface area contributed by atoms with Crippen molar-refractivity contribution in [2.24, 2.45) is 10.7 Å². The zero-order chi connectivity index (χ0) is 15.3. The molecule has 9 heteroatoms. The van der Waals surface area contributed by atoms with Crippen molar-refractivity contribution in [2.75, 3.05) is 5.32 Å². The quantitative estimate of drug-likeness (QED) is 0.469. The third-order valence-electron chi connectivity index (χ3n) is 3.45. The second-order valence-corrected chi connectivity index (χ2v) is 4.82. The SMILES string of the molecule is N#Cc1ccc2ncn(C3=NC(N)c4[nH]c(=O)[nH]c4N3)c2c1. The zero-order valence-electron chi connectivity index (χ0n) is 11.2. The molecule has 0 saturated heterocycles. The maximum absolute atomic E-state index is 11.4. The fraction of sp³-hybridized carbons (Fsp3) is 0.0769. The average Bonchev–Trinajstić information content (AvgIpc) is 3.09. The van der Waals surface area contributed by atoms with Gasteiger partial charge in [0.2, 0.25) is 5.96 Å². The largest absolute Gasteiger partial charge is 0.324 e. The molecule has 108 valence electrons. The van der Waals surface area contributed by atoms with Gasteiger partial charge in [-0.2, -0.15) is 5.26 Å². The van der Waals surface area contributed by atoms with Gasteiger partial charge in [0, 0.05) is 0 Å². The number of nitriles is 1. The number of aromatic nitrogens is 4. The van der Waals surface area contributed by atoms with Gasteiger partial charge in [0.05, 0.1) is 28.4 Å². The van der Waals surface area contributed by atoms with Crippen LogP contribution in [0, 0.1) is 11.3 Å². The number of nitrogens with two attached hydrogens (primary N) is 1. The molecule has 4 rings (SSSR count). The summed E-state index contributed by atoms with van der Waals surface area (Å²) in [7, 11) is 0. The van der Waals surface area contributed by atoms with E-state index in [0.717, 1.165) is 11.0 Å². The highest BCUT2D eigenvalue weighted by atomic mass is 16.1. The Morgan fingerprint density at radius 1 is 1.36 bits per heavy atom. The minimum Gasteiger partial charge on any atom is -0.310 e. The Morgan fingerprint density at radius 3 is 3.05 bits per heavy atom. The first-order valence-corrected chi connectivity index (χ1v) is 6.46. The summed E-state index contributed by atoms with van der Waals surface area (Å²) in [6.07, 6.45) is 0.891.